The Hall–Kier alpha value is -2.88. The van der Waals surface area contributed by atoms with Crippen LogP contribution in [0.15, 0.2) is 49.0 Å². The molecule has 2 aliphatic rings. The van der Waals surface area contributed by atoms with Crippen molar-refractivity contribution >= 4 is 17.3 Å². The largest absolute Gasteiger partial charge is 0.497 e. The van der Waals surface area contributed by atoms with Gasteiger partial charge in [-0.2, -0.15) is 0 Å². The number of hydrogen-bond donors (Lipinski definition) is 0. The lowest BCUT2D eigenvalue weighted by Gasteiger charge is -2.47. The van der Waals surface area contributed by atoms with Crippen LogP contribution < -0.4 is 4.74 Å². The molecule has 26 heavy (non-hydrogen) atoms. The molecule has 4 nitrogen and oxygen atoms in total. The molecule has 0 aromatic heterocycles. The second kappa shape index (κ2) is 5.84. The Morgan fingerprint density at radius 3 is 2.65 bits per heavy atom. The molecule has 2 aliphatic carbocycles. The van der Waals surface area contributed by atoms with Crippen LogP contribution in [0.4, 0.5) is 0 Å². The summed E-state index contributed by atoms with van der Waals surface area (Å²) < 4.78 is 10.5. The molecule has 0 saturated heterocycles. The first-order valence-corrected chi connectivity index (χ1v) is 8.60. The standard InChI is InChI=1S/C22H20O4/c1-13-12-22(21(24)26-3)18-9-8-14(25-2)10-17(18)20(23)11-19(22)16-7-5-4-6-15(13)16/h4-10,19H,1,11-12H2,2-3H3/t19-,22+/m0/s1. The van der Waals surface area contributed by atoms with Crippen LogP contribution in [0, 0.1) is 0 Å². The molecule has 0 amide bonds. The Morgan fingerprint density at radius 2 is 1.92 bits per heavy atom. The molecule has 0 heterocycles. The maximum Gasteiger partial charge on any atom is 0.317 e. The second-order valence-electron chi connectivity index (χ2n) is 6.92. The summed E-state index contributed by atoms with van der Waals surface area (Å²) in [6.45, 7) is 4.22. The third-order valence-corrected chi connectivity index (χ3v) is 5.75. The summed E-state index contributed by atoms with van der Waals surface area (Å²) in [5, 5.41) is 0. The number of carbonyl (C=O) groups excluding carboxylic acids is 2. The van der Waals surface area contributed by atoms with E-state index in [1.807, 2.05) is 30.3 Å². The zero-order valence-electron chi connectivity index (χ0n) is 14.9. The van der Waals surface area contributed by atoms with E-state index >= 15 is 0 Å². The van der Waals surface area contributed by atoms with Gasteiger partial charge in [0.1, 0.15) is 11.2 Å². The van der Waals surface area contributed by atoms with Crippen molar-refractivity contribution in [1.82, 2.24) is 0 Å². The Balaban J connectivity index is 2.03. The minimum Gasteiger partial charge on any atom is -0.497 e. The van der Waals surface area contributed by atoms with E-state index in [0.29, 0.717) is 23.3 Å². The van der Waals surface area contributed by atoms with E-state index < -0.39 is 5.41 Å². The van der Waals surface area contributed by atoms with E-state index in [2.05, 4.69) is 6.58 Å². The molecular weight excluding hydrogens is 328 g/mol. The predicted octanol–water partition coefficient (Wildman–Crippen LogP) is 3.89. The number of ether oxygens (including phenoxy) is 2. The van der Waals surface area contributed by atoms with Gasteiger partial charge >= 0.3 is 5.97 Å². The summed E-state index contributed by atoms with van der Waals surface area (Å²) in [5.74, 6) is 0.0402. The summed E-state index contributed by atoms with van der Waals surface area (Å²) in [5.41, 5.74) is 3.22. The van der Waals surface area contributed by atoms with Crippen LogP contribution in [-0.4, -0.2) is 26.0 Å². The fourth-order valence-electron chi connectivity index (χ4n) is 4.58. The third-order valence-electron chi connectivity index (χ3n) is 5.75. The maximum atomic E-state index is 13.1. The van der Waals surface area contributed by atoms with Crippen LogP contribution in [0.3, 0.4) is 0 Å². The number of methoxy groups -OCH3 is 2. The lowest BCUT2D eigenvalue weighted by atomic mass is 9.54. The molecule has 0 bridgehead atoms. The molecule has 2 atom stereocenters. The molecule has 0 spiro atoms. The van der Waals surface area contributed by atoms with Crippen molar-refractivity contribution in [1.29, 1.82) is 0 Å². The van der Waals surface area contributed by atoms with Crippen LogP contribution in [0.5, 0.6) is 5.75 Å². The van der Waals surface area contributed by atoms with E-state index in [1.54, 1.807) is 19.2 Å². The number of fused-ring (bicyclic) bond motifs is 5. The van der Waals surface area contributed by atoms with Crippen molar-refractivity contribution in [2.45, 2.75) is 24.2 Å². The van der Waals surface area contributed by atoms with Gasteiger partial charge in [0.25, 0.3) is 0 Å². The number of carbonyl (C=O) groups is 2. The van der Waals surface area contributed by atoms with Gasteiger partial charge < -0.3 is 9.47 Å². The highest BCUT2D eigenvalue weighted by Gasteiger charge is 2.56. The molecule has 2 aromatic rings. The van der Waals surface area contributed by atoms with Gasteiger partial charge in [-0.05, 0) is 40.8 Å². The highest BCUT2D eigenvalue weighted by molar-refractivity contribution is 6.05. The van der Waals surface area contributed by atoms with Gasteiger partial charge in [-0.15, -0.1) is 0 Å². The van der Waals surface area contributed by atoms with Crippen molar-refractivity contribution in [3.63, 3.8) is 0 Å². The van der Waals surface area contributed by atoms with E-state index in [1.165, 1.54) is 7.11 Å². The summed E-state index contributed by atoms with van der Waals surface area (Å²) in [6, 6.07) is 13.2. The lowest BCUT2D eigenvalue weighted by Crippen LogP contribution is -2.49. The van der Waals surface area contributed by atoms with E-state index in [-0.39, 0.29) is 24.1 Å². The highest BCUT2D eigenvalue weighted by atomic mass is 16.5. The average Bonchev–Trinajstić information content (AvgIpc) is 2.68. The van der Waals surface area contributed by atoms with Crippen molar-refractivity contribution in [3.8, 4) is 5.75 Å². The van der Waals surface area contributed by atoms with Crippen LogP contribution in [0.1, 0.15) is 45.8 Å². The van der Waals surface area contributed by atoms with Gasteiger partial charge in [0.2, 0.25) is 0 Å². The van der Waals surface area contributed by atoms with Crippen LogP contribution in [-0.2, 0) is 14.9 Å². The summed E-state index contributed by atoms with van der Waals surface area (Å²) in [6.07, 6.45) is 0.702. The normalized spacial score (nSPS) is 23.5. The highest BCUT2D eigenvalue weighted by Crippen LogP contribution is 2.56. The monoisotopic (exact) mass is 348 g/mol. The van der Waals surface area contributed by atoms with E-state index in [9.17, 15) is 9.59 Å². The molecule has 0 N–H and O–H groups in total. The van der Waals surface area contributed by atoms with Crippen LogP contribution >= 0.6 is 0 Å². The first-order valence-electron chi connectivity index (χ1n) is 8.60. The molecule has 0 unspecified atom stereocenters. The van der Waals surface area contributed by atoms with E-state index in [4.69, 9.17) is 9.47 Å². The topological polar surface area (TPSA) is 52.6 Å². The Morgan fingerprint density at radius 1 is 1.15 bits per heavy atom. The van der Waals surface area contributed by atoms with Crippen molar-refractivity contribution in [2.24, 2.45) is 0 Å². The Kier molecular flexibility index (Phi) is 3.72. The Labute approximate surface area is 152 Å². The number of Topliss-reactive ketones (excluding diaryl/α,β-unsaturated/α-hetero) is 1. The third kappa shape index (κ3) is 2.08. The van der Waals surface area contributed by atoms with E-state index in [0.717, 1.165) is 16.7 Å². The summed E-state index contributed by atoms with van der Waals surface area (Å²) in [4.78, 5) is 26.0. The van der Waals surface area contributed by atoms with Gasteiger partial charge in [-0.25, -0.2) is 0 Å². The molecule has 4 rings (SSSR count). The first-order chi connectivity index (χ1) is 12.5. The predicted molar refractivity (Wildman–Crippen MR) is 98.5 cm³/mol. The second-order valence-corrected chi connectivity index (χ2v) is 6.92. The zero-order valence-corrected chi connectivity index (χ0v) is 14.9. The van der Waals surface area contributed by atoms with Gasteiger partial charge in [0.05, 0.1) is 14.2 Å². The molecule has 0 aliphatic heterocycles. The Bertz CT molecular complexity index is 943. The SMILES string of the molecule is C=C1C[C@@]2(C(=O)OC)c3ccc(OC)cc3C(=O)C[C@H]2c2ccccc21. The average molecular weight is 348 g/mol. The first kappa shape index (κ1) is 16.6. The minimum atomic E-state index is -0.935. The summed E-state index contributed by atoms with van der Waals surface area (Å²) in [7, 11) is 2.96. The fraction of sp³-hybridized carbons (Fsp3) is 0.273. The molecule has 132 valence electrons. The van der Waals surface area contributed by atoms with Gasteiger partial charge in [0, 0.05) is 17.9 Å². The molecule has 4 heteroatoms. The molecule has 2 aromatic carbocycles. The lowest BCUT2D eigenvalue weighted by molar-refractivity contribution is -0.148. The summed E-state index contributed by atoms with van der Waals surface area (Å²) >= 11 is 0. The maximum absolute atomic E-state index is 13.1. The molecule has 0 radical (unpaired) electrons. The quantitative estimate of drug-likeness (QED) is 0.773. The number of rotatable bonds is 2. The fourth-order valence-corrected chi connectivity index (χ4v) is 4.58. The number of ketones is 1. The number of esters is 1. The number of hydrogen-bond acceptors (Lipinski definition) is 4. The van der Waals surface area contributed by atoms with Crippen LogP contribution in [0.2, 0.25) is 0 Å². The molecule has 0 saturated carbocycles. The molecular formula is C22H20O4. The zero-order chi connectivity index (χ0) is 18.5. The van der Waals surface area contributed by atoms with Crippen molar-refractivity contribution < 1.29 is 19.1 Å². The smallest absolute Gasteiger partial charge is 0.317 e. The van der Waals surface area contributed by atoms with Gasteiger partial charge in [-0.1, -0.05) is 36.9 Å². The van der Waals surface area contributed by atoms with Gasteiger partial charge in [-0.3, -0.25) is 9.59 Å². The van der Waals surface area contributed by atoms with Crippen LogP contribution in [0.25, 0.3) is 5.57 Å². The molecule has 0 fully saturated rings. The minimum absolute atomic E-state index is 0.0192. The van der Waals surface area contributed by atoms with Crippen molar-refractivity contribution in [3.05, 3.63) is 71.3 Å². The number of allylic oxidation sites excluding steroid dienone is 1. The number of benzene rings is 2. The van der Waals surface area contributed by atoms with Gasteiger partial charge in [0.15, 0.2) is 5.78 Å². The van der Waals surface area contributed by atoms with Crippen molar-refractivity contribution in [2.75, 3.05) is 14.2 Å².